The summed E-state index contributed by atoms with van der Waals surface area (Å²) in [5.41, 5.74) is 1.13. The molecular formula is C13H10BrClN4O. The van der Waals surface area contributed by atoms with Gasteiger partial charge in [-0.05, 0) is 18.2 Å². The minimum Gasteiger partial charge on any atom is -0.349 e. The number of H-pyrrole nitrogens is 1. The maximum atomic E-state index is 12.2. The van der Waals surface area contributed by atoms with Crippen LogP contribution in [0.15, 0.2) is 34.9 Å². The summed E-state index contributed by atoms with van der Waals surface area (Å²) in [6.07, 6.45) is 1.75. The van der Waals surface area contributed by atoms with Gasteiger partial charge >= 0.3 is 0 Å². The van der Waals surface area contributed by atoms with Gasteiger partial charge in [0.2, 0.25) is 0 Å². The van der Waals surface area contributed by atoms with E-state index in [9.17, 15) is 4.79 Å². The van der Waals surface area contributed by atoms with E-state index in [0.717, 1.165) is 15.4 Å². The first-order chi connectivity index (χ1) is 9.54. The van der Waals surface area contributed by atoms with Gasteiger partial charge in [-0.3, -0.25) is 9.48 Å². The van der Waals surface area contributed by atoms with Crippen LogP contribution in [0, 0.1) is 0 Å². The molecule has 3 aromatic rings. The smallest absolute Gasteiger partial charge is 0.274 e. The predicted octanol–water partition coefficient (Wildman–Crippen LogP) is 3.57. The normalized spacial score (nSPS) is 10.9. The number of aromatic amines is 1. The maximum Gasteiger partial charge on any atom is 0.274 e. The van der Waals surface area contributed by atoms with Gasteiger partial charge < -0.3 is 10.3 Å². The summed E-state index contributed by atoms with van der Waals surface area (Å²) in [7, 11) is 1.78. The van der Waals surface area contributed by atoms with Gasteiger partial charge in [-0.2, -0.15) is 5.10 Å². The molecule has 102 valence electrons. The lowest BCUT2D eigenvalue weighted by Crippen LogP contribution is -2.13. The van der Waals surface area contributed by atoms with Crippen molar-refractivity contribution >= 4 is 50.2 Å². The maximum absolute atomic E-state index is 12.2. The second-order valence-corrected chi connectivity index (χ2v) is 5.63. The number of carbonyl (C=O) groups is 1. The lowest BCUT2D eigenvalue weighted by molar-refractivity contribution is 0.102. The van der Waals surface area contributed by atoms with Crippen molar-refractivity contribution in [1.29, 1.82) is 0 Å². The molecule has 2 heterocycles. The summed E-state index contributed by atoms with van der Waals surface area (Å²) in [5, 5.41) is 7.99. The Morgan fingerprint density at radius 1 is 1.45 bits per heavy atom. The van der Waals surface area contributed by atoms with Crippen LogP contribution in [0.1, 0.15) is 10.5 Å². The van der Waals surface area contributed by atoms with E-state index in [1.54, 1.807) is 24.0 Å². The third-order valence-corrected chi connectivity index (χ3v) is 3.77. The molecule has 7 heteroatoms. The highest BCUT2D eigenvalue weighted by atomic mass is 79.9. The summed E-state index contributed by atoms with van der Waals surface area (Å²) in [5.74, 6) is 0.162. The van der Waals surface area contributed by atoms with Crippen LogP contribution in [0.25, 0.3) is 10.9 Å². The Balaban J connectivity index is 1.97. The van der Waals surface area contributed by atoms with E-state index in [0.29, 0.717) is 16.5 Å². The van der Waals surface area contributed by atoms with Gasteiger partial charge in [-0.15, -0.1) is 0 Å². The zero-order valence-corrected chi connectivity index (χ0v) is 12.8. The molecule has 3 rings (SSSR count). The second-order valence-electron chi connectivity index (χ2n) is 4.33. The molecule has 0 fully saturated rings. The van der Waals surface area contributed by atoms with E-state index in [-0.39, 0.29) is 5.91 Å². The standard InChI is InChI=1S/C13H10BrClN4O/c1-19-5-4-10(18-19)17-13(20)12-11(15)8-6-7(14)2-3-9(8)16-12/h2-6,16H,1H3,(H,17,18,20). The summed E-state index contributed by atoms with van der Waals surface area (Å²) in [4.78, 5) is 15.2. The third-order valence-electron chi connectivity index (χ3n) is 2.88. The molecule has 0 aliphatic carbocycles. The topological polar surface area (TPSA) is 62.7 Å². The van der Waals surface area contributed by atoms with Gasteiger partial charge in [0, 0.05) is 34.7 Å². The molecule has 0 aliphatic rings. The Hall–Kier alpha value is -1.79. The number of amides is 1. The van der Waals surface area contributed by atoms with E-state index >= 15 is 0 Å². The number of halogens is 2. The van der Waals surface area contributed by atoms with Crippen LogP contribution < -0.4 is 5.32 Å². The molecule has 0 saturated heterocycles. The molecule has 1 aromatic carbocycles. The fourth-order valence-electron chi connectivity index (χ4n) is 1.95. The molecule has 5 nitrogen and oxygen atoms in total. The third kappa shape index (κ3) is 2.32. The number of hydrogen-bond acceptors (Lipinski definition) is 2. The fraction of sp³-hybridized carbons (Fsp3) is 0.0769. The molecule has 0 unspecified atom stereocenters. The highest BCUT2D eigenvalue weighted by Crippen LogP contribution is 2.30. The highest BCUT2D eigenvalue weighted by molar-refractivity contribution is 9.10. The van der Waals surface area contributed by atoms with Crippen molar-refractivity contribution in [1.82, 2.24) is 14.8 Å². The average molecular weight is 354 g/mol. The van der Waals surface area contributed by atoms with Crippen LogP contribution in [0.5, 0.6) is 0 Å². The van der Waals surface area contributed by atoms with E-state index in [2.05, 4.69) is 31.3 Å². The summed E-state index contributed by atoms with van der Waals surface area (Å²) >= 11 is 9.64. The quantitative estimate of drug-likeness (QED) is 0.740. The van der Waals surface area contributed by atoms with E-state index in [1.807, 2.05) is 18.2 Å². The molecular weight excluding hydrogens is 344 g/mol. The first kappa shape index (κ1) is 13.2. The fourth-order valence-corrected chi connectivity index (χ4v) is 2.60. The Morgan fingerprint density at radius 3 is 2.95 bits per heavy atom. The predicted molar refractivity (Wildman–Crippen MR) is 82.2 cm³/mol. The lowest BCUT2D eigenvalue weighted by atomic mass is 10.2. The molecule has 0 radical (unpaired) electrons. The van der Waals surface area contributed by atoms with Crippen LogP contribution in [0.3, 0.4) is 0 Å². The highest BCUT2D eigenvalue weighted by Gasteiger charge is 2.17. The second kappa shape index (κ2) is 4.96. The number of aromatic nitrogens is 3. The summed E-state index contributed by atoms with van der Waals surface area (Å²) < 4.78 is 2.52. The van der Waals surface area contributed by atoms with Crippen LogP contribution in [-0.2, 0) is 7.05 Å². The Bertz CT molecular complexity index is 808. The number of nitrogens with one attached hydrogen (secondary N) is 2. The molecule has 20 heavy (non-hydrogen) atoms. The van der Waals surface area contributed by atoms with Gasteiger partial charge in [0.15, 0.2) is 5.82 Å². The zero-order chi connectivity index (χ0) is 14.3. The summed E-state index contributed by atoms with van der Waals surface area (Å²) in [6, 6.07) is 7.33. The van der Waals surface area contributed by atoms with Crippen LogP contribution in [0.2, 0.25) is 5.02 Å². The molecule has 1 amide bonds. The van der Waals surface area contributed by atoms with Crippen LogP contribution in [0.4, 0.5) is 5.82 Å². The van der Waals surface area contributed by atoms with Gasteiger partial charge in [0.25, 0.3) is 5.91 Å². The number of benzene rings is 1. The molecule has 0 spiro atoms. The number of anilines is 1. The van der Waals surface area contributed by atoms with Crippen molar-refractivity contribution in [2.75, 3.05) is 5.32 Å². The first-order valence-electron chi connectivity index (χ1n) is 5.82. The van der Waals surface area contributed by atoms with Gasteiger partial charge in [0.05, 0.1) is 5.02 Å². The van der Waals surface area contributed by atoms with Gasteiger partial charge in [0.1, 0.15) is 5.69 Å². The number of rotatable bonds is 2. The lowest BCUT2D eigenvalue weighted by Gasteiger charge is -1.99. The minimum atomic E-state index is -0.318. The number of fused-ring (bicyclic) bond motifs is 1. The van der Waals surface area contributed by atoms with Crippen molar-refractivity contribution in [3.63, 3.8) is 0 Å². The Labute approximate surface area is 128 Å². The van der Waals surface area contributed by atoms with Crippen molar-refractivity contribution in [3.05, 3.63) is 45.7 Å². The first-order valence-corrected chi connectivity index (χ1v) is 6.99. The number of hydrogen-bond donors (Lipinski definition) is 2. The van der Waals surface area contributed by atoms with Gasteiger partial charge in [-0.25, -0.2) is 0 Å². The zero-order valence-electron chi connectivity index (χ0n) is 10.4. The SMILES string of the molecule is Cn1ccc(NC(=O)c2[nH]c3ccc(Br)cc3c2Cl)n1. The molecule has 0 bridgehead atoms. The molecule has 0 saturated carbocycles. The molecule has 2 N–H and O–H groups in total. The number of aryl methyl sites for hydroxylation is 1. The largest absolute Gasteiger partial charge is 0.349 e. The monoisotopic (exact) mass is 352 g/mol. The molecule has 2 aromatic heterocycles. The summed E-state index contributed by atoms with van der Waals surface area (Å²) in [6.45, 7) is 0. The van der Waals surface area contributed by atoms with Crippen molar-refractivity contribution in [3.8, 4) is 0 Å². The van der Waals surface area contributed by atoms with E-state index in [1.165, 1.54) is 0 Å². The van der Waals surface area contributed by atoms with E-state index < -0.39 is 0 Å². The van der Waals surface area contributed by atoms with Crippen LogP contribution in [-0.4, -0.2) is 20.7 Å². The molecule has 0 atom stereocenters. The van der Waals surface area contributed by atoms with Crippen LogP contribution >= 0.6 is 27.5 Å². The van der Waals surface area contributed by atoms with Crippen molar-refractivity contribution < 1.29 is 4.79 Å². The average Bonchev–Trinajstić information content (AvgIpc) is 2.94. The van der Waals surface area contributed by atoms with Gasteiger partial charge in [-0.1, -0.05) is 27.5 Å². The van der Waals surface area contributed by atoms with E-state index in [4.69, 9.17) is 11.6 Å². The van der Waals surface area contributed by atoms with Crippen molar-refractivity contribution in [2.24, 2.45) is 7.05 Å². The molecule has 0 aliphatic heterocycles. The Kier molecular flexibility index (Phi) is 3.27. The number of nitrogens with zero attached hydrogens (tertiary/aromatic N) is 2. The minimum absolute atomic E-state index is 0.318. The number of carbonyl (C=O) groups excluding carboxylic acids is 1. The van der Waals surface area contributed by atoms with Crippen molar-refractivity contribution in [2.45, 2.75) is 0 Å². The Morgan fingerprint density at radius 2 is 2.25 bits per heavy atom.